The third-order valence-corrected chi connectivity index (χ3v) is 4.36. The van der Waals surface area contributed by atoms with E-state index < -0.39 is 12.1 Å². The number of hydrogen-bond acceptors (Lipinski definition) is 5. The van der Waals surface area contributed by atoms with Gasteiger partial charge in [-0.2, -0.15) is 0 Å². The van der Waals surface area contributed by atoms with Crippen LogP contribution in [0.5, 0.6) is 11.5 Å². The fraction of sp³-hybridized carbons (Fsp3) is 0.364. The van der Waals surface area contributed by atoms with Gasteiger partial charge in [-0.15, -0.1) is 0 Å². The molecule has 0 N–H and O–H groups in total. The monoisotopic (exact) mass is 385 g/mol. The first kappa shape index (κ1) is 21.3. The van der Waals surface area contributed by atoms with E-state index in [-0.39, 0.29) is 12.3 Å². The minimum absolute atomic E-state index is 0.176. The summed E-state index contributed by atoms with van der Waals surface area (Å²) in [5.41, 5.74) is 1.94. The highest BCUT2D eigenvalue weighted by molar-refractivity contribution is 5.83. The number of ether oxygens (including phenoxy) is 3. The van der Waals surface area contributed by atoms with Gasteiger partial charge in [0.05, 0.1) is 14.2 Å². The van der Waals surface area contributed by atoms with Gasteiger partial charge in [0.15, 0.2) is 17.6 Å². The van der Waals surface area contributed by atoms with Gasteiger partial charge in [0.25, 0.3) is 5.91 Å². The molecule has 0 saturated heterocycles. The molecule has 0 bridgehead atoms. The van der Waals surface area contributed by atoms with Crippen LogP contribution in [0.3, 0.4) is 0 Å². The van der Waals surface area contributed by atoms with Crippen LogP contribution in [0.1, 0.15) is 24.5 Å². The molecule has 0 saturated carbocycles. The van der Waals surface area contributed by atoms with E-state index in [1.807, 2.05) is 42.5 Å². The molecule has 2 aromatic carbocycles. The molecule has 0 radical (unpaired) electrons. The van der Waals surface area contributed by atoms with Crippen molar-refractivity contribution in [2.75, 3.05) is 21.3 Å². The lowest BCUT2D eigenvalue weighted by atomic mass is 10.1. The number of amides is 1. The maximum absolute atomic E-state index is 12.4. The summed E-state index contributed by atoms with van der Waals surface area (Å²) in [6.07, 6.45) is -0.165. The molecule has 1 unspecified atom stereocenters. The van der Waals surface area contributed by atoms with E-state index in [1.165, 1.54) is 0 Å². The molecule has 6 nitrogen and oxygen atoms in total. The molecule has 0 spiro atoms. The topological polar surface area (TPSA) is 65.1 Å². The Morgan fingerprint density at radius 1 is 0.964 bits per heavy atom. The van der Waals surface area contributed by atoms with Crippen LogP contribution in [0.15, 0.2) is 48.5 Å². The van der Waals surface area contributed by atoms with E-state index in [4.69, 9.17) is 14.2 Å². The summed E-state index contributed by atoms with van der Waals surface area (Å²) in [4.78, 5) is 26.1. The Morgan fingerprint density at radius 2 is 1.64 bits per heavy atom. The molecular weight excluding hydrogens is 358 g/mol. The summed E-state index contributed by atoms with van der Waals surface area (Å²) in [6.45, 7) is 2.06. The van der Waals surface area contributed by atoms with Crippen molar-refractivity contribution in [1.29, 1.82) is 0 Å². The van der Waals surface area contributed by atoms with Crippen LogP contribution >= 0.6 is 0 Å². The first-order chi connectivity index (χ1) is 13.4. The number of benzene rings is 2. The summed E-state index contributed by atoms with van der Waals surface area (Å²) < 4.78 is 15.8. The molecule has 0 aliphatic carbocycles. The Hall–Kier alpha value is -3.02. The average molecular weight is 385 g/mol. The van der Waals surface area contributed by atoms with Gasteiger partial charge in [-0.25, -0.2) is 0 Å². The van der Waals surface area contributed by atoms with E-state index in [9.17, 15) is 9.59 Å². The standard InChI is InChI=1S/C22H27NO5/c1-16(22(25)23(2)15-18-8-6-5-7-9-18)28-21(24)13-11-17-10-12-19(26-3)20(14-17)27-4/h5-10,12,14,16H,11,13,15H2,1-4H3. The second-order valence-corrected chi connectivity index (χ2v) is 6.50. The predicted molar refractivity (Wildman–Crippen MR) is 106 cm³/mol. The van der Waals surface area contributed by atoms with Crippen LogP contribution in [0, 0.1) is 0 Å². The fourth-order valence-electron chi connectivity index (χ4n) is 2.83. The molecular formula is C22H27NO5. The van der Waals surface area contributed by atoms with E-state index in [0.717, 1.165) is 11.1 Å². The van der Waals surface area contributed by atoms with Crippen LogP contribution in [-0.2, 0) is 27.3 Å². The van der Waals surface area contributed by atoms with Crippen LogP contribution in [0.4, 0.5) is 0 Å². The number of nitrogens with zero attached hydrogens (tertiary/aromatic N) is 1. The highest BCUT2D eigenvalue weighted by Crippen LogP contribution is 2.28. The molecule has 6 heteroatoms. The van der Waals surface area contributed by atoms with Crippen molar-refractivity contribution in [3.8, 4) is 11.5 Å². The molecule has 0 fully saturated rings. The van der Waals surface area contributed by atoms with Crippen LogP contribution in [-0.4, -0.2) is 44.1 Å². The first-order valence-electron chi connectivity index (χ1n) is 9.14. The van der Waals surface area contributed by atoms with Crippen molar-refractivity contribution in [2.24, 2.45) is 0 Å². The Morgan fingerprint density at radius 3 is 2.29 bits per heavy atom. The number of methoxy groups -OCH3 is 2. The third kappa shape index (κ3) is 6.01. The van der Waals surface area contributed by atoms with Gasteiger partial charge in [-0.3, -0.25) is 9.59 Å². The van der Waals surface area contributed by atoms with Crippen LogP contribution in [0.2, 0.25) is 0 Å². The van der Waals surface area contributed by atoms with Gasteiger partial charge in [-0.05, 0) is 36.6 Å². The molecule has 1 amide bonds. The largest absolute Gasteiger partial charge is 0.493 e. The smallest absolute Gasteiger partial charge is 0.306 e. The SMILES string of the molecule is COc1ccc(CCC(=O)OC(C)C(=O)N(C)Cc2ccccc2)cc1OC. The van der Waals surface area contributed by atoms with Crippen molar-refractivity contribution >= 4 is 11.9 Å². The Balaban J connectivity index is 1.84. The lowest BCUT2D eigenvalue weighted by Crippen LogP contribution is -2.37. The molecule has 0 aromatic heterocycles. The van der Waals surface area contributed by atoms with Gasteiger partial charge < -0.3 is 19.1 Å². The van der Waals surface area contributed by atoms with E-state index in [1.54, 1.807) is 39.2 Å². The summed E-state index contributed by atoms with van der Waals surface area (Å²) >= 11 is 0. The number of hydrogen-bond donors (Lipinski definition) is 0. The fourth-order valence-corrected chi connectivity index (χ4v) is 2.83. The van der Waals surface area contributed by atoms with Gasteiger partial charge in [0.1, 0.15) is 0 Å². The second-order valence-electron chi connectivity index (χ2n) is 6.50. The Kier molecular flexibility index (Phi) is 7.87. The molecule has 150 valence electrons. The zero-order valence-corrected chi connectivity index (χ0v) is 16.8. The minimum Gasteiger partial charge on any atom is -0.493 e. The van der Waals surface area contributed by atoms with E-state index >= 15 is 0 Å². The van der Waals surface area contributed by atoms with E-state index in [0.29, 0.717) is 24.5 Å². The number of carbonyl (C=O) groups is 2. The minimum atomic E-state index is -0.827. The highest BCUT2D eigenvalue weighted by Gasteiger charge is 2.21. The number of likely N-dealkylation sites (N-methyl/N-ethyl adjacent to an activating group) is 1. The quantitative estimate of drug-likeness (QED) is 0.620. The van der Waals surface area contributed by atoms with Crippen molar-refractivity contribution in [2.45, 2.75) is 32.4 Å². The van der Waals surface area contributed by atoms with Crippen LogP contribution < -0.4 is 9.47 Å². The average Bonchev–Trinajstić information content (AvgIpc) is 2.71. The molecule has 0 aliphatic heterocycles. The maximum Gasteiger partial charge on any atom is 0.306 e. The molecule has 28 heavy (non-hydrogen) atoms. The van der Waals surface area contributed by atoms with Crippen molar-refractivity contribution in [3.63, 3.8) is 0 Å². The maximum atomic E-state index is 12.4. The van der Waals surface area contributed by atoms with Gasteiger partial charge >= 0.3 is 5.97 Å². The normalized spacial score (nSPS) is 11.4. The highest BCUT2D eigenvalue weighted by atomic mass is 16.5. The Bertz CT molecular complexity index is 791. The first-order valence-corrected chi connectivity index (χ1v) is 9.14. The Labute approximate surface area is 166 Å². The summed E-state index contributed by atoms with van der Waals surface area (Å²) in [5.74, 6) is 0.598. The molecule has 0 aliphatic rings. The van der Waals surface area contributed by atoms with Crippen molar-refractivity contribution in [3.05, 3.63) is 59.7 Å². The third-order valence-electron chi connectivity index (χ3n) is 4.36. The predicted octanol–water partition coefficient (Wildman–Crippen LogP) is 3.23. The van der Waals surface area contributed by atoms with Crippen molar-refractivity contribution < 1.29 is 23.8 Å². The number of aryl methyl sites for hydroxylation is 1. The molecule has 0 heterocycles. The van der Waals surface area contributed by atoms with Crippen LogP contribution in [0.25, 0.3) is 0 Å². The van der Waals surface area contributed by atoms with Gasteiger partial charge in [0.2, 0.25) is 0 Å². The summed E-state index contributed by atoms with van der Waals surface area (Å²) in [5, 5.41) is 0. The van der Waals surface area contributed by atoms with Gasteiger partial charge in [0, 0.05) is 20.0 Å². The van der Waals surface area contributed by atoms with E-state index in [2.05, 4.69) is 0 Å². The molecule has 2 rings (SSSR count). The molecule has 1 atom stereocenters. The number of carbonyl (C=O) groups excluding carboxylic acids is 2. The second kappa shape index (κ2) is 10.3. The number of esters is 1. The van der Waals surface area contributed by atoms with Gasteiger partial charge in [-0.1, -0.05) is 36.4 Å². The van der Waals surface area contributed by atoms with Crippen molar-refractivity contribution in [1.82, 2.24) is 4.90 Å². The molecule has 2 aromatic rings. The lowest BCUT2D eigenvalue weighted by Gasteiger charge is -2.21. The summed E-state index contributed by atoms with van der Waals surface area (Å²) in [7, 11) is 4.83. The lowest BCUT2D eigenvalue weighted by molar-refractivity contribution is -0.158. The summed E-state index contributed by atoms with van der Waals surface area (Å²) in [6, 6.07) is 15.2. The number of rotatable bonds is 9. The zero-order chi connectivity index (χ0) is 20.5. The zero-order valence-electron chi connectivity index (χ0n) is 16.8.